The van der Waals surface area contributed by atoms with E-state index in [9.17, 15) is 9.59 Å². The van der Waals surface area contributed by atoms with Gasteiger partial charge in [-0.25, -0.2) is 0 Å². The van der Waals surface area contributed by atoms with Gasteiger partial charge < -0.3 is 15.1 Å². The van der Waals surface area contributed by atoms with Crippen LogP contribution in [-0.2, 0) is 16.1 Å². The van der Waals surface area contributed by atoms with Crippen molar-refractivity contribution in [2.45, 2.75) is 38.6 Å². The van der Waals surface area contributed by atoms with Crippen molar-refractivity contribution in [3.8, 4) is 0 Å². The Kier molecular flexibility index (Phi) is 7.06. The van der Waals surface area contributed by atoms with E-state index in [1.54, 1.807) is 4.90 Å². The van der Waals surface area contributed by atoms with Crippen molar-refractivity contribution in [3.63, 3.8) is 0 Å². The summed E-state index contributed by atoms with van der Waals surface area (Å²) >= 11 is 0. The summed E-state index contributed by atoms with van der Waals surface area (Å²) in [6.07, 6.45) is 4.66. The van der Waals surface area contributed by atoms with Crippen LogP contribution in [0.2, 0.25) is 0 Å². The maximum Gasteiger partial charge on any atom is 0.244 e. The molecule has 1 N–H and O–H groups in total. The molecule has 2 aromatic rings. The van der Waals surface area contributed by atoms with Gasteiger partial charge in [-0.1, -0.05) is 55.3 Å². The average molecular weight is 380 g/mol. The van der Waals surface area contributed by atoms with Gasteiger partial charge in [0.2, 0.25) is 11.8 Å². The highest BCUT2D eigenvalue weighted by Gasteiger charge is 2.19. The Morgan fingerprint density at radius 1 is 1.00 bits per heavy atom. The number of nitrogens with one attached hydrogen (secondary N) is 1. The predicted octanol–water partition coefficient (Wildman–Crippen LogP) is 4.05. The zero-order valence-electron chi connectivity index (χ0n) is 16.6. The summed E-state index contributed by atoms with van der Waals surface area (Å²) in [5.74, 6) is -0.0567. The van der Waals surface area contributed by atoms with Crippen molar-refractivity contribution in [1.82, 2.24) is 4.90 Å². The molecule has 2 aromatic carbocycles. The molecule has 0 atom stereocenters. The molecule has 1 aliphatic rings. The number of carbonyl (C=O) groups is 2. The van der Waals surface area contributed by atoms with Crippen LogP contribution in [0.1, 0.15) is 37.7 Å². The third-order valence-electron chi connectivity index (χ3n) is 5.11. The summed E-state index contributed by atoms with van der Waals surface area (Å²) in [4.78, 5) is 28.7. The highest BCUT2D eigenvalue weighted by Crippen LogP contribution is 2.26. The molecule has 148 valence electrons. The van der Waals surface area contributed by atoms with Crippen LogP contribution in [0.4, 0.5) is 11.4 Å². The number of benzene rings is 2. The van der Waals surface area contributed by atoms with Crippen LogP contribution in [0, 0.1) is 0 Å². The molecule has 0 bridgehead atoms. The van der Waals surface area contributed by atoms with Crippen molar-refractivity contribution in [3.05, 3.63) is 60.2 Å². The standard InChI is InChI=1S/C23H29N3O2/c1-25(17-19-11-5-4-6-12-19)21-14-9-8-13-20(21)24-22(27)18-26-16-10-3-2-7-15-23(26)28/h4-6,8-9,11-14H,2-3,7,10,15-18H2,1H3,(H,24,27). The number of amides is 2. The Hall–Kier alpha value is -2.82. The molecule has 2 amide bonds. The Balaban J connectivity index is 1.65. The Bertz CT molecular complexity index is 791. The number of nitrogens with zero attached hydrogens (tertiary/aromatic N) is 2. The minimum Gasteiger partial charge on any atom is -0.369 e. The maximum absolute atomic E-state index is 12.6. The lowest BCUT2D eigenvalue weighted by atomic mass is 10.1. The van der Waals surface area contributed by atoms with Crippen LogP contribution in [0.15, 0.2) is 54.6 Å². The van der Waals surface area contributed by atoms with Crippen LogP contribution in [0.3, 0.4) is 0 Å². The molecule has 1 heterocycles. The Morgan fingerprint density at radius 3 is 2.54 bits per heavy atom. The third-order valence-corrected chi connectivity index (χ3v) is 5.11. The SMILES string of the molecule is CN(Cc1ccccc1)c1ccccc1NC(=O)CN1CCCCCCC1=O. The molecule has 0 aromatic heterocycles. The highest BCUT2D eigenvalue weighted by atomic mass is 16.2. The van der Waals surface area contributed by atoms with Crippen molar-refractivity contribution >= 4 is 23.2 Å². The Morgan fingerprint density at radius 2 is 1.71 bits per heavy atom. The number of rotatable bonds is 6. The van der Waals surface area contributed by atoms with Crippen molar-refractivity contribution < 1.29 is 9.59 Å². The second-order valence-electron chi connectivity index (χ2n) is 7.39. The summed E-state index contributed by atoms with van der Waals surface area (Å²) in [7, 11) is 2.01. The van der Waals surface area contributed by atoms with E-state index in [0.717, 1.165) is 43.6 Å². The molecule has 3 rings (SSSR count). The van der Waals surface area contributed by atoms with Gasteiger partial charge in [0.15, 0.2) is 0 Å². The lowest BCUT2D eigenvalue weighted by Crippen LogP contribution is -2.39. The third kappa shape index (κ3) is 5.59. The van der Waals surface area contributed by atoms with Crippen molar-refractivity contribution in [1.29, 1.82) is 0 Å². The summed E-state index contributed by atoms with van der Waals surface area (Å²) in [5.41, 5.74) is 2.93. The van der Waals surface area contributed by atoms with Gasteiger partial charge >= 0.3 is 0 Å². The summed E-state index contributed by atoms with van der Waals surface area (Å²) in [5, 5.41) is 3.01. The van der Waals surface area contributed by atoms with Crippen molar-refractivity contribution in [2.24, 2.45) is 0 Å². The zero-order chi connectivity index (χ0) is 19.8. The quantitative estimate of drug-likeness (QED) is 0.824. The molecule has 0 unspecified atom stereocenters. The number of para-hydroxylation sites is 2. The van der Waals surface area contributed by atoms with E-state index in [2.05, 4.69) is 22.3 Å². The average Bonchev–Trinajstić information content (AvgIpc) is 2.69. The van der Waals surface area contributed by atoms with Gasteiger partial charge in [0.05, 0.1) is 17.9 Å². The van der Waals surface area contributed by atoms with Gasteiger partial charge in [0, 0.05) is 26.6 Å². The van der Waals surface area contributed by atoms with E-state index >= 15 is 0 Å². The molecule has 5 heteroatoms. The van der Waals surface area contributed by atoms with E-state index in [-0.39, 0.29) is 18.4 Å². The summed E-state index contributed by atoms with van der Waals surface area (Å²) in [6.45, 7) is 1.54. The van der Waals surface area contributed by atoms with Crippen LogP contribution >= 0.6 is 0 Å². The number of carbonyl (C=O) groups excluding carboxylic acids is 2. The molecule has 0 radical (unpaired) electrons. The molecule has 0 saturated carbocycles. The minimum atomic E-state index is -0.144. The van der Waals surface area contributed by atoms with E-state index in [4.69, 9.17) is 0 Å². The first-order valence-corrected chi connectivity index (χ1v) is 10.1. The molecule has 1 fully saturated rings. The van der Waals surface area contributed by atoms with Gasteiger partial charge in [-0.05, 0) is 30.5 Å². The molecular weight excluding hydrogens is 350 g/mol. The van der Waals surface area contributed by atoms with E-state index in [1.807, 2.05) is 49.5 Å². The van der Waals surface area contributed by atoms with Crippen LogP contribution < -0.4 is 10.2 Å². The summed E-state index contributed by atoms with van der Waals surface area (Å²) < 4.78 is 0. The van der Waals surface area contributed by atoms with Crippen LogP contribution in [-0.4, -0.2) is 36.9 Å². The first kappa shape index (κ1) is 19.9. The lowest BCUT2D eigenvalue weighted by molar-refractivity contribution is -0.135. The fourth-order valence-electron chi connectivity index (χ4n) is 3.60. The van der Waals surface area contributed by atoms with Gasteiger partial charge in [0.1, 0.15) is 0 Å². The molecule has 5 nitrogen and oxygen atoms in total. The normalized spacial score (nSPS) is 14.9. The Labute approximate surface area is 167 Å². The molecule has 1 saturated heterocycles. The first-order valence-electron chi connectivity index (χ1n) is 10.1. The summed E-state index contributed by atoms with van der Waals surface area (Å²) in [6, 6.07) is 18.0. The van der Waals surface area contributed by atoms with Gasteiger partial charge in [0.25, 0.3) is 0 Å². The second kappa shape index (κ2) is 9.93. The fraction of sp³-hybridized carbons (Fsp3) is 0.391. The topological polar surface area (TPSA) is 52.7 Å². The van der Waals surface area contributed by atoms with Crippen LogP contribution in [0.25, 0.3) is 0 Å². The number of anilines is 2. The van der Waals surface area contributed by atoms with Gasteiger partial charge in [-0.3, -0.25) is 9.59 Å². The lowest BCUT2D eigenvalue weighted by Gasteiger charge is -2.26. The molecule has 1 aliphatic heterocycles. The first-order chi connectivity index (χ1) is 13.6. The fourth-order valence-corrected chi connectivity index (χ4v) is 3.60. The highest BCUT2D eigenvalue weighted by molar-refractivity contribution is 5.97. The zero-order valence-corrected chi connectivity index (χ0v) is 16.6. The van der Waals surface area contributed by atoms with Crippen molar-refractivity contribution in [2.75, 3.05) is 30.4 Å². The maximum atomic E-state index is 12.6. The van der Waals surface area contributed by atoms with Gasteiger partial charge in [-0.2, -0.15) is 0 Å². The monoisotopic (exact) mass is 379 g/mol. The molecule has 28 heavy (non-hydrogen) atoms. The number of hydrogen-bond acceptors (Lipinski definition) is 3. The number of likely N-dealkylation sites (tertiary alicyclic amines) is 1. The number of hydrogen-bond donors (Lipinski definition) is 1. The predicted molar refractivity (Wildman–Crippen MR) is 113 cm³/mol. The van der Waals surface area contributed by atoms with E-state index in [1.165, 1.54) is 5.56 Å². The second-order valence-corrected chi connectivity index (χ2v) is 7.39. The molecule has 0 spiro atoms. The van der Waals surface area contributed by atoms with Crippen LogP contribution in [0.5, 0.6) is 0 Å². The minimum absolute atomic E-state index is 0.0873. The molecule has 0 aliphatic carbocycles. The largest absolute Gasteiger partial charge is 0.369 e. The van der Waals surface area contributed by atoms with E-state index in [0.29, 0.717) is 13.0 Å². The van der Waals surface area contributed by atoms with Gasteiger partial charge in [-0.15, -0.1) is 0 Å². The van der Waals surface area contributed by atoms with E-state index < -0.39 is 0 Å². The smallest absolute Gasteiger partial charge is 0.244 e. The molecular formula is C23H29N3O2.